The maximum absolute atomic E-state index is 6.18. The highest BCUT2D eigenvalue weighted by Gasteiger charge is 2.36. The van der Waals surface area contributed by atoms with Gasteiger partial charge in [0.25, 0.3) is 0 Å². The van der Waals surface area contributed by atoms with Gasteiger partial charge in [-0.05, 0) is 61.4 Å². The minimum absolute atomic E-state index is 0.666. The highest BCUT2D eigenvalue weighted by Crippen LogP contribution is 2.41. The summed E-state index contributed by atoms with van der Waals surface area (Å²) in [6.45, 7) is 4.05. The Hall–Kier alpha value is -3.16. The summed E-state index contributed by atoms with van der Waals surface area (Å²) in [6.07, 6.45) is 3.97. The molecule has 0 saturated carbocycles. The van der Waals surface area contributed by atoms with Crippen LogP contribution in [0, 0.1) is 6.92 Å². The normalized spacial score (nSPS) is 17.4. The van der Waals surface area contributed by atoms with Crippen LogP contribution in [0.15, 0.2) is 60.1 Å². The van der Waals surface area contributed by atoms with Crippen molar-refractivity contribution in [3.05, 3.63) is 87.9 Å². The summed E-state index contributed by atoms with van der Waals surface area (Å²) in [5.41, 5.74) is 3.43. The minimum atomic E-state index is -0.666. The van der Waals surface area contributed by atoms with Crippen molar-refractivity contribution in [3.63, 3.8) is 0 Å². The number of methoxy groups -OCH3 is 1. The number of thiazole rings is 1. The van der Waals surface area contributed by atoms with E-state index >= 15 is 0 Å². The number of benzene rings is 2. The molecule has 2 aromatic carbocycles. The molecular weight excluding hydrogens is 430 g/mol. The maximum Gasteiger partial charge on any atom is 0.183 e. The number of nitrogens with one attached hydrogen (secondary N) is 1. The summed E-state index contributed by atoms with van der Waals surface area (Å²) in [6, 6.07) is 13.9. The molecule has 1 atom stereocenters. The minimum Gasteiger partial charge on any atom is -0.497 e. The Labute approximate surface area is 189 Å². The van der Waals surface area contributed by atoms with E-state index in [1.54, 1.807) is 24.6 Å². The number of rotatable bonds is 4. The summed E-state index contributed by atoms with van der Waals surface area (Å²) in [5.74, 6) is 2.37. The van der Waals surface area contributed by atoms with Crippen LogP contribution in [0.3, 0.4) is 0 Å². The highest BCUT2D eigenvalue weighted by molar-refractivity contribution is 7.13. The molecule has 1 N–H and O–H groups in total. The molecule has 6 nitrogen and oxygen atoms in total. The van der Waals surface area contributed by atoms with E-state index in [-0.39, 0.29) is 0 Å². The van der Waals surface area contributed by atoms with Gasteiger partial charge in [-0.15, -0.1) is 21.5 Å². The predicted octanol–water partition coefficient (Wildman–Crippen LogP) is 5.47. The van der Waals surface area contributed by atoms with Crippen LogP contribution in [0.5, 0.6) is 5.75 Å². The molecule has 4 aromatic rings. The van der Waals surface area contributed by atoms with E-state index < -0.39 is 5.54 Å². The van der Waals surface area contributed by atoms with Gasteiger partial charge in [0.1, 0.15) is 17.1 Å². The first kappa shape index (κ1) is 19.8. The maximum atomic E-state index is 6.18. The third kappa shape index (κ3) is 3.40. The van der Waals surface area contributed by atoms with E-state index in [1.807, 2.05) is 54.8 Å². The molecule has 0 saturated heterocycles. The second-order valence-corrected chi connectivity index (χ2v) is 8.85. The molecule has 0 fully saturated rings. The van der Waals surface area contributed by atoms with E-state index in [2.05, 4.69) is 38.1 Å². The van der Waals surface area contributed by atoms with Crippen LogP contribution in [0.4, 0.5) is 5.13 Å². The molecule has 1 aliphatic rings. The molecule has 0 spiro atoms. The zero-order chi connectivity index (χ0) is 21.6. The zero-order valence-corrected chi connectivity index (χ0v) is 18.8. The fourth-order valence-electron chi connectivity index (χ4n) is 3.94. The number of anilines is 1. The van der Waals surface area contributed by atoms with E-state index in [0.29, 0.717) is 5.02 Å². The zero-order valence-electron chi connectivity index (χ0n) is 17.3. The Balaban J connectivity index is 1.82. The molecule has 3 heterocycles. The third-order valence-electron chi connectivity index (χ3n) is 5.41. The van der Waals surface area contributed by atoms with Crippen molar-refractivity contribution in [2.45, 2.75) is 19.4 Å². The Bertz CT molecular complexity index is 1280. The van der Waals surface area contributed by atoms with Crippen molar-refractivity contribution in [2.24, 2.45) is 0 Å². The first-order valence-corrected chi connectivity index (χ1v) is 11.0. The Morgan fingerprint density at radius 2 is 1.94 bits per heavy atom. The second-order valence-electron chi connectivity index (χ2n) is 7.52. The van der Waals surface area contributed by atoms with Crippen molar-refractivity contribution in [3.8, 4) is 11.4 Å². The number of hydrogen-bond acceptors (Lipinski definition) is 6. The van der Waals surface area contributed by atoms with Gasteiger partial charge in [-0.2, -0.15) is 0 Å². The number of aromatic nitrogens is 4. The van der Waals surface area contributed by atoms with Crippen LogP contribution < -0.4 is 10.1 Å². The van der Waals surface area contributed by atoms with E-state index in [1.165, 1.54) is 0 Å². The summed E-state index contributed by atoms with van der Waals surface area (Å²) in [4.78, 5) is 4.44. The highest BCUT2D eigenvalue weighted by atomic mass is 35.5. The fraction of sp³-hybridized carbons (Fsp3) is 0.174. The van der Waals surface area contributed by atoms with E-state index in [4.69, 9.17) is 16.3 Å². The van der Waals surface area contributed by atoms with E-state index in [0.717, 1.165) is 44.9 Å². The number of aryl methyl sites for hydroxylation is 1. The van der Waals surface area contributed by atoms with Crippen LogP contribution in [0.2, 0.25) is 5.02 Å². The molecule has 1 unspecified atom stereocenters. The van der Waals surface area contributed by atoms with Gasteiger partial charge in [0.05, 0.1) is 12.8 Å². The Morgan fingerprint density at radius 1 is 1.13 bits per heavy atom. The number of halogens is 1. The standard InChI is InChI=1S/C23H20ClN5OS/c1-14-27-28-21-23(2,26-22-25-10-11-31-22)13-19(15-4-6-16(24)7-5-15)18-12-17(30-3)8-9-20(18)29(14)21/h4-13H,1-3H3,(H,25,26). The Kier molecular flexibility index (Phi) is 4.79. The largest absolute Gasteiger partial charge is 0.497 e. The molecule has 31 heavy (non-hydrogen) atoms. The van der Waals surface area contributed by atoms with Crippen LogP contribution >= 0.6 is 22.9 Å². The summed E-state index contributed by atoms with van der Waals surface area (Å²) < 4.78 is 7.64. The van der Waals surface area contributed by atoms with Gasteiger partial charge in [0.15, 0.2) is 11.0 Å². The monoisotopic (exact) mass is 449 g/mol. The van der Waals surface area contributed by atoms with Crippen molar-refractivity contribution < 1.29 is 4.74 Å². The third-order valence-corrected chi connectivity index (χ3v) is 6.35. The van der Waals surface area contributed by atoms with Gasteiger partial charge >= 0.3 is 0 Å². The average Bonchev–Trinajstić information content (AvgIpc) is 3.40. The van der Waals surface area contributed by atoms with Gasteiger partial charge in [0, 0.05) is 22.2 Å². The SMILES string of the molecule is COc1ccc2c(c1)C(c1ccc(Cl)cc1)=CC(C)(Nc1nccs1)c1nnc(C)n1-2. The summed E-state index contributed by atoms with van der Waals surface area (Å²) in [7, 11) is 1.67. The second kappa shape index (κ2) is 7.51. The molecule has 8 heteroatoms. The van der Waals surface area contributed by atoms with E-state index in [9.17, 15) is 0 Å². The van der Waals surface area contributed by atoms with Crippen LogP contribution in [-0.2, 0) is 5.54 Å². The van der Waals surface area contributed by atoms with Crippen molar-refractivity contribution in [1.82, 2.24) is 19.7 Å². The van der Waals surface area contributed by atoms with Gasteiger partial charge in [-0.1, -0.05) is 23.7 Å². The van der Waals surface area contributed by atoms with Gasteiger partial charge in [-0.25, -0.2) is 4.98 Å². The number of hydrogen-bond donors (Lipinski definition) is 1. The van der Waals surface area contributed by atoms with Crippen LogP contribution in [0.1, 0.15) is 29.7 Å². The smallest absolute Gasteiger partial charge is 0.183 e. The molecule has 0 aliphatic carbocycles. The quantitative estimate of drug-likeness (QED) is 0.447. The van der Waals surface area contributed by atoms with Crippen LogP contribution in [0.25, 0.3) is 11.3 Å². The van der Waals surface area contributed by atoms with Crippen molar-refractivity contribution >= 4 is 33.6 Å². The molecular formula is C23H20ClN5OS. The molecule has 0 radical (unpaired) electrons. The van der Waals surface area contributed by atoms with Crippen molar-refractivity contribution in [1.29, 1.82) is 0 Å². The van der Waals surface area contributed by atoms with Crippen LogP contribution in [-0.4, -0.2) is 26.9 Å². The first-order chi connectivity index (χ1) is 15.0. The lowest BCUT2D eigenvalue weighted by molar-refractivity contribution is 0.414. The number of nitrogens with zero attached hydrogens (tertiary/aromatic N) is 4. The molecule has 0 bridgehead atoms. The molecule has 0 amide bonds. The number of fused-ring (bicyclic) bond motifs is 3. The van der Waals surface area contributed by atoms with Gasteiger partial charge < -0.3 is 10.1 Å². The topological polar surface area (TPSA) is 64.9 Å². The lowest BCUT2D eigenvalue weighted by Crippen LogP contribution is -2.32. The molecule has 156 valence electrons. The fourth-order valence-corrected chi connectivity index (χ4v) is 4.71. The lowest BCUT2D eigenvalue weighted by Gasteiger charge is -2.26. The first-order valence-electron chi connectivity index (χ1n) is 9.76. The Morgan fingerprint density at radius 3 is 2.65 bits per heavy atom. The van der Waals surface area contributed by atoms with Gasteiger partial charge in [-0.3, -0.25) is 4.57 Å². The van der Waals surface area contributed by atoms with Gasteiger partial charge in [0.2, 0.25) is 0 Å². The number of ether oxygens (including phenoxy) is 1. The summed E-state index contributed by atoms with van der Waals surface area (Å²) in [5, 5.41) is 16.0. The summed E-state index contributed by atoms with van der Waals surface area (Å²) >= 11 is 7.72. The average molecular weight is 450 g/mol. The molecule has 1 aliphatic heterocycles. The lowest BCUT2D eigenvalue weighted by atomic mass is 9.91. The molecule has 5 rings (SSSR count). The van der Waals surface area contributed by atoms with Crippen molar-refractivity contribution in [2.75, 3.05) is 12.4 Å². The predicted molar refractivity (Wildman–Crippen MR) is 124 cm³/mol. The molecule has 2 aromatic heterocycles.